The van der Waals surface area contributed by atoms with Crippen LogP contribution in [-0.4, -0.2) is 18.2 Å². The SMILES string of the molecule is O=S(=O)(NC(c1ccccc1)c1ccccc1)c1cn(Cc2ccccc2)nc1-c1ccccc1. The van der Waals surface area contributed by atoms with Gasteiger partial charge in [0.2, 0.25) is 10.0 Å². The molecule has 0 fully saturated rings. The van der Waals surface area contributed by atoms with Crippen LogP contribution in [0.5, 0.6) is 0 Å². The van der Waals surface area contributed by atoms with Crippen molar-refractivity contribution >= 4 is 10.0 Å². The lowest BCUT2D eigenvalue weighted by molar-refractivity contribution is 0.572. The van der Waals surface area contributed by atoms with Gasteiger partial charge in [-0.05, 0) is 16.7 Å². The number of aromatic nitrogens is 2. The van der Waals surface area contributed by atoms with Gasteiger partial charge < -0.3 is 0 Å². The minimum absolute atomic E-state index is 0.150. The quantitative estimate of drug-likeness (QED) is 0.312. The van der Waals surface area contributed by atoms with Crippen LogP contribution in [0, 0.1) is 0 Å². The molecular formula is C29H25N3O2S. The van der Waals surface area contributed by atoms with Crippen LogP contribution in [0.25, 0.3) is 11.3 Å². The summed E-state index contributed by atoms with van der Waals surface area (Å²) in [5.74, 6) is 0. The van der Waals surface area contributed by atoms with Crippen LogP contribution >= 0.6 is 0 Å². The Morgan fingerprint density at radius 2 is 1.17 bits per heavy atom. The molecule has 6 heteroatoms. The number of rotatable bonds is 8. The Morgan fingerprint density at radius 1 is 0.686 bits per heavy atom. The van der Waals surface area contributed by atoms with E-state index in [1.807, 2.05) is 121 Å². The van der Waals surface area contributed by atoms with E-state index in [1.165, 1.54) is 0 Å². The largest absolute Gasteiger partial charge is 0.266 e. The molecule has 0 unspecified atom stereocenters. The van der Waals surface area contributed by atoms with E-state index in [0.717, 1.165) is 22.3 Å². The van der Waals surface area contributed by atoms with Crippen molar-refractivity contribution in [3.63, 3.8) is 0 Å². The number of benzene rings is 4. The van der Waals surface area contributed by atoms with Crippen LogP contribution in [0.4, 0.5) is 0 Å². The Morgan fingerprint density at radius 3 is 1.71 bits per heavy atom. The lowest BCUT2D eigenvalue weighted by Gasteiger charge is -2.20. The third-order valence-corrected chi connectivity index (χ3v) is 7.21. The summed E-state index contributed by atoms with van der Waals surface area (Å²) >= 11 is 0. The number of hydrogen-bond donors (Lipinski definition) is 1. The molecule has 35 heavy (non-hydrogen) atoms. The summed E-state index contributed by atoms with van der Waals surface area (Å²) in [5, 5.41) is 4.69. The molecule has 5 aromatic rings. The van der Waals surface area contributed by atoms with Gasteiger partial charge in [-0.2, -0.15) is 9.82 Å². The molecule has 1 N–H and O–H groups in total. The standard InChI is InChI=1S/C29H25N3O2S/c33-35(34,31-28(24-15-7-2-8-16-24)25-17-9-3-10-18-25)27-22-32(21-23-13-5-1-6-14-23)30-29(27)26-19-11-4-12-20-26/h1-20,22,28,31H,21H2. The van der Waals surface area contributed by atoms with Crippen LogP contribution in [0.2, 0.25) is 0 Å². The second-order valence-corrected chi connectivity index (χ2v) is 9.95. The summed E-state index contributed by atoms with van der Waals surface area (Å²) in [6, 6.07) is 37.9. The fraction of sp³-hybridized carbons (Fsp3) is 0.0690. The maximum atomic E-state index is 13.9. The van der Waals surface area contributed by atoms with Crippen molar-refractivity contribution in [2.45, 2.75) is 17.5 Å². The van der Waals surface area contributed by atoms with Gasteiger partial charge in [-0.3, -0.25) is 4.68 Å². The molecular weight excluding hydrogens is 454 g/mol. The topological polar surface area (TPSA) is 64.0 Å². The highest BCUT2D eigenvalue weighted by molar-refractivity contribution is 7.89. The zero-order chi connectivity index (χ0) is 24.1. The van der Waals surface area contributed by atoms with E-state index in [-0.39, 0.29) is 4.90 Å². The second-order valence-electron chi connectivity index (χ2n) is 8.27. The predicted molar refractivity (Wildman–Crippen MR) is 138 cm³/mol. The Bertz CT molecular complexity index is 1450. The number of nitrogens with one attached hydrogen (secondary N) is 1. The first-order chi connectivity index (χ1) is 17.1. The minimum atomic E-state index is -3.94. The van der Waals surface area contributed by atoms with E-state index >= 15 is 0 Å². The van der Waals surface area contributed by atoms with Gasteiger partial charge >= 0.3 is 0 Å². The van der Waals surface area contributed by atoms with Crippen molar-refractivity contribution in [3.8, 4) is 11.3 Å². The fourth-order valence-electron chi connectivity index (χ4n) is 4.09. The summed E-state index contributed by atoms with van der Waals surface area (Å²) in [4.78, 5) is 0.150. The first-order valence-corrected chi connectivity index (χ1v) is 12.9. The first kappa shape index (κ1) is 22.8. The molecule has 1 aromatic heterocycles. The highest BCUT2D eigenvalue weighted by atomic mass is 32.2. The van der Waals surface area contributed by atoms with Gasteiger partial charge in [0.05, 0.1) is 12.6 Å². The Kier molecular flexibility index (Phi) is 6.57. The molecule has 5 rings (SSSR count). The van der Waals surface area contributed by atoms with Crippen molar-refractivity contribution in [2.75, 3.05) is 0 Å². The zero-order valence-electron chi connectivity index (χ0n) is 19.0. The van der Waals surface area contributed by atoms with Crippen LogP contribution in [0.1, 0.15) is 22.7 Å². The van der Waals surface area contributed by atoms with E-state index in [1.54, 1.807) is 10.9 Å². The molecule has 0 saturated heterocycles. The van der Waals surface area contributed by atoms with Crippen molar-refractivity contribution in [1.82, 2.24) is 14.5 Å². The smallest absolute Gasteiger partial charge is 0.245 e. The highest BCUT2D eigenvalue weighted by Gasteiger charge is 2.28. The summed E-state index contributed by atoms with van der Waals surface area (Å²) in [7, 11) is -3.94. The van der Waals surface area contributed by atoms with Crippen molar-refractivity contribution in [2.24, 2.45) is 0 Å². The zero-order valence-corrected chi connectivity index (χ0v) is 19.8. The lowest BCUT2D eigenvalue weighted by Crippen LogP contribution is -2.29. The summed E-state index contributed by atoms with van der Waals surface area (Å²) < 4.78 is 32.4. The molecule has 174 valence electrons. The van der Waals surface area contributed by atoms with E-state index < -0.39 is 16.1 Å². The summed E-state index contributed by atoms with van der Waals surface area (Å²) in [5.41, 5.74) is 3.93. The van der Waals surface area contributed by atoms with E-state index in [4.69, 9.17) is 5.10 Å². The first-order valence-electron chi connectivity index (χ1n) is 11.4. The molecule has 0 saturated carbocycles. The van der Waals surface area contributed by atoms with Gasteiger partial charge in [0.25, 0.3) is 0 Å². The normalized spacial score (nSPS) is 11.6. The summed E-state index contributed by atoms with van der Waals surface area (Å²) in [6.45, 7) is 0.469. The fourth-order valence-corrected chi connectivity index (χ4v) is 5.47. The van der Waals surface area contributed by atoms with E-state index in [0.29, 0.717) is 12.2 Å². The average molecular weight is 480 g/mol. The van der Waals surface area contributed by atoms with Crippen LogP contribution in [0.3, 0.4) is 0 Å². The maximum absolute atomic E-state index is 13.9. The molecule has 0 aliphatic rings. The molecule has 0 atom stereocenters. The molecule has 0 radical (unpaired) electrons. The maximum Gasteiger partial charge on any atom is 0.245 e. The molecule has 1 heterocycles. The predicted octanol–water partition coefficient (Wildman–Crippen LogP) is 5.67. The molecule has 0 aliphatic carbocycles. The minimum Gasteiger partial charge on any atom is -0.266 e. The Balaban J connectivity index is 1.57. The monoisotopic (exact) mass is 479 g/mol. The number of hydrogen-bond acceptors (Lipinski definition) is 3. The highest BCUT2D eigenvalue weighted by Crippen LogP contribution is 2.29. The van der Waals surface area contributed by atoms with Crippen molar-refractivity contribution in [1.29, 1.82) is 0 Å². The van der Waals surface area contributed by atoms with Gasteiger partial charge in [0.15, 0.2) is 0 Å². The Hall–Kier alpha value is -4.00. The van der Waals surface area contributed by atoms with Gasteiger partial charge in [-0.1, -0.05) is 121 Å². The second kappa shape index (κ2) is 10.1. The van der Waals surface area contributed by atoms with E-state index in [9.17, 15) is 8.42 Å². The van der Waals surface area contributed by atoms with Gasteiger partial charge in [-0.25, -0.2) is 8.42 Å². The number of sulfonamides is 1. The van der Waals surface area contributed by atoms with Crippen LogP contribution < -0.4 is 4.72 Å². The third-order valence-electron chi connectivity index (χ3n) is 5.79. The van der Waals surface area contributed by atoms with Crippen LogP contribution in [0.15, 0.2) is 132 Å². The van der Waals surface area contributed by atoms with Gasteiger partial charge in [0.1, 0.15) is 10.6 Å². The van der Waals surface area contributed by atoms with Gasteiger partial charge in [0, 0.05) is 11.8 Å². The number of nitrogens with zero attached hydrogens (tertiary/aromatic N) is 2. The third kappa shape index (κ3) is 5.24. The molecule has 5 nitrogen and oxygen atoms in total. The van der Waals surface area contributed by atoms with E-state index in [2.05, 4.69) is 4.72 Å². The summed E-state index contributed by atoms with van der Waals surface area (Å²) in [6.07, 6.45) is 1.62. The molecule has 0 amide bonds. The lowest BCUT2D eigenvalue weighted by atomic mass is 10.00. The molecule has 0 bridgehead atoms. The molecule has 0 spiro atoms. The van der Waals surface area contributed by atoms with Crippen LogP contribution in [-0.2, 0) is 16.6 Å². The molecule has 4 aromatic carbocycles. The molecule has 0 aliphatic heterocycles. The Labute approximate surface area is 205 Å². The average Bonchev–Trinajstić information content (AvgIpc) is 3.34. The van der Waals surface area contributed by atoms with Crippen molar-refractivity contribution in [3.05, 3.63) is 144 Å². The van der Waals surface area contributed by atoms with Crippen molar-refractivity contribution < 1.29 is 8.42 Å². The van der Waals surface area contributed by atoms with Gasteiger partial charge in [-0.15, -0.1) is 0 Å².